The molecule has 0 aliphatic rings. The summed E-state index contributed by atoms with van der Waals surface area (Å²) in [6.07, 6.45) is 8.67. The van der Waals surface area contributed by atoms with Crippen molar-refractivity contribution in [2.75, 3.05) is 6.54 Å². The third-order valence-corrected chi connectivity index (χ3v) is 3.58. The number of hydrogen-bond acceptors (Lipinski definition) is 6. The van der Waals surface area contributed by atoms with Crippen molar-refractivity contribution in [1.29, 1.82) is 0 Å². The first-order chi connectivity index (χ1) is 10.3. The minimum Gasteiger partial charge on any atom is -0.350 e. The van der Waals surface area contributed by atoms with Gasteiger partial charge in [-0.3, -0.25) is 9.78 Å². The molecule has 3 aromatic rings. The summed E-state index contributed by atoms with van der Waals surface area (Å²) in [7, 11) is 0. The minimum absolute atomic E-state index is 0.231. The molecule has 0 fully saturated rings. The first kappa shape index (κ1) is 13.4. The summed E-state index contributed by atoms with van der Waals surface area (Å²) >= 11 is 1.52. The SMILES string of the molecule is O=C(NCCc1csc(-n2cccn2)n1)c1cnccn1. The molecule has 0 aliphatic carbocycles. The van der Waals surface area contributed by atoms with E-state index >= 15 is 0 Å². The molecule has 0 bridgehead atoms. The van der Waals surface area contributed by atoms with Crippen LogP contribution in [0.2, 0.25) is 0 Å². The summed E-state index contributed by atoms with van der Waals surface area (Å²) < 4.78 is 1.71. The summed E-state index contributed by atoms with van der Waals surface area (Å²) in [5.41, 5.74) is 1.23. The van der Waals surface area contributed by atoms with Gasteiger partial charge < -0.3 is 5.32 Å². The Morgan fingerprint density at radius 1 is 1.33 bits per heavy atom. The smallest absolute Gasteiger partial charge is 0.271 e. The Labute approximate surface area is 124 Å². The zero-order valence-electron chi connectivity index (χ0n) is 11.0. The second-order valence-electron chi connectivity index (χ2n) is 4.17. The van der Waals surface area contributed by atoms with Crippen LogP contribution in [0.1, 0.15) is 16.2 Å². The number of carbonyl (C=O) groups is 1. The van der Waals surface area contributed by atoms with Crippen LogP contribution in [0.3, 0.4) is 0 Å². The van der Waals surface area contributed by atoms with Crippen LogP contribution in [0.25, 0.3) is 5.13 Å². The standard InChI is InChI=1S/C13H12N6OS/c20-12(11-8-14-5-6-15-11)16-4-2-10-9-21-13(18-10)19-7-1-3-17-19/h1,3,5-9H,2,4H2,(H,16,20). The lowest BCUT2D eigenvalue weighted by atomic mass is 10.3. The second-order valence-corrected chi connectivity index (χ2v) is 5.01. The molecule has 0 aromatic carbocycles. The van der Waals surface area contributed by atoms with Gasteiger partial charge in [0, 0.05) is 43.1 Å². The van der Waals surface area contributed by atoms with Gasteiger partial charge in [-0.05, 0) is 6.07 Å². The van der Waals surface area contributed by atoms with Crippen molar-refractivity contribution in [3.63, 3.8) is 0 Å². The molecule has 0 spiro atoms. The number of rotatable bonds is 5. The first-order valence-corrected chi connectivity index (χ1v) is 7.19. The highest BCUT2D eigenvalue weighted by Gasteiger charge is 2.07. The van der Waals surface area contributed by atoms with E-state index in [1.165, 1.54) is 29.9 Å². The Morgan fingerprint density at radius 2 is 2.29 bits per heavy atom. The molecule has 1 amide bonds. The summed E-state index contributed by atoms with van der Waals surface area (Å²) in [4.78, 5) is 24.0. The fraction of sp³-hybridized carbons (Fsp3) is 0.154. The maximum Gasteiger partial charge on any atom is 0.271 e. The zero-order chi connectivity index (χ0) is 14.5. The Hall–Kier alpha value is -2.61. The Kier molecular flexibility index (Phi) is 3.97. The average molecular weight is 300 g/mol. The summed E-state index contributed by atoms with van der Waals surface area (Å²) in [5, 5.41) is 9.70. The molecule has 21 heavy (non-hydrogen) atoms. The topological polar surface area (TPSA) is 85.6 Å². The molecule has 0 saturated carbocycles. The van der Waals surface area contributed by atoms with Gasteiger partial charge in [0.05, 0.1) is 11.9 Å². The van der Waals surface area contributed by atoms with E-state index in [-0.39, 0.29) is 5.91 Å². The number of nitrogens with one attached hydrogen (secondary N) is 1. The molecule has 0 unspecified atom stereocenters. The van der Waals surface area contributed by atoms with Gasteiger partial charge in [0.2, 0.25) is 5.13 Å². The van der Waals surface area contributed by atoms with Crippen LogP contribution < -0.4 is 5.32 Å². The van der Waals surface area contributed by atoms with Gasteiger partial charge >= 0.3 is 0 Å². The molecule has 3 aromatic heterocycles. The molecular formula is C13H12N6OS. The summed E-state index contributed by atoms with van der Waals surface area (Å²) in [6, 6.07) is 1.85. The second kappa shape index (κ2) is 6.23. The Balaban J connectivity index is 1.53. The van der Waals surface area contributed by atoms with Crippen LogP contribution in [0, 0.1) is 0 Å². The fourth-order valence-electron chi connectivity index (χ4n) is 1.71. The third-order valence-electron chi connectivity index (χ3n) is 2.70. The molecule has 0 radical (unpaired) electrons. The lowest BCUT2D eigenvalue weighted by Crippen LogP contribution is -2.26. The van der Waals surface area contributed by atoms with Crippen LogP contribution in [-0.4, -0.2) is 37.2 Å². The predicted molar refractivity (Wildman–Crippen MR) is 77.3 cm³/mol. The largest absolute Gasteiger partial charge is 0.350 e. The van der Waals surface area contributed by atoms with Crippen molar-refractivity contribution >= 4 is 17.2 Å². The number of carbonyl (C=O) groups excluding carboxylic acids is 1. The highest BCUT2D eigenvalue weighted by Crippen LogP contribution is 2.13. The lowest BCUT2D eigenvalue weighted by Gasteiger charge is -2.02. The highest BCUT2D eigenvalue weighted by molar-refractivity contribution is 7.12. The minimum atomic E-state index is -0.231. The molecule has 106 valence electrons. The highest BCUT2D eigenvalue weighted by atomic mass is 32.1. The molecule has 3 rings (SSSR count). The van der Waals surface area contributed by atoms with E-state index in [1.807, 2.05) is 17.6 Å². The zero-order valence-corrected chi connectivity index (χ0v) is 11.8. The predicted octanol–water partition coefficient (Wildman–Crippen LogP) is 1.09. The van der Waals surface area contributed by atoms with Crippen LogP contribution in [-0.2, 0) is 6.42 Å². The van der Waals surface area contributed by atoms with E-state index in [4.69, 9.17) is 0 Å². The quantitative estimate of drug-likeness (QED) is 0.762. The number of amides is 1. The van der Waals surface area contributed by atoms with Crippen LogP contribution >= 0.6 is 11.3 Å². The molecule has 0 aliphatic heterocycles. The maximum atomic E-state index is 11.8. The lowest BCUT2D eigenvalue weighted by molar-refractivity contribution is 0.0948. The van der Waals surface area contributed by atoms with E-state index in [1.54, 1.807) is 10.9 Å². The molecule has 0 saturated heterocycles. The fourth-order valence-corrected chi connectivity index (χ4v) is 2.51. The molecule has 1 N–H and O–H groups in total. The van der Waals surface area contributed by atoms with E-state index in [0.717, 1.165) is 10.8 Å². The van der Waals surface area contributed by atoms with Crippen LogP contribution in [0.15, 0.2) is 42.4 Å². The monoisotopic (exact) mass is 300 g/mol. The van der Waals surface area contributed by atoms with Crippen LogP contribution in [0.4, 0.5) is 0 Å². The Morgan fingerprint density at radius 3 is 3.05 bits per heavy atom. The van der Waals surface area contributed by atoms with E-state index in [0.29, 0.717) is 18.7 Å². The van der Waals surface area contributed by atoms with Crippen molar-refractivity contribution < 1.29 is 4.79 Å². The molecule has 3 heterocycles. The number of aromatic nitrogens is 5. The first-order valence-electron chi connectivity index (χ1n) is 6.31. The van der Waals surface area contributed by atoms with Crippen molar-refractivity contribution in [3.8, 4) is 5.13 Å². The number of nitrogens with zero attached hydrogens (tertiary/aromatic N) is 5. The van der Waals surface area contributed by atoms with Crippen molar-refractivity contribution in [2.45, 2.75) is 6.42 Å². The van der Waals surface area contributed by atoms with Crippen LogP contribution in [0.5, 0.6) is 0 Å². The number of hydrogen-bond donors (Lipinski definition) is 1. The molecular weight excluding hydrogens is 288 g/mol. The van der Waals surface area contributed by atoms with Gasteiger partial charge in [-0.1, -0.05) is 0 Å². The van der Waals surface area contributed by atoms with E-state index in [2.05, 4.69) is 25.4 Å². The van der Waals surface area contributed by atoms with Crippen molar-refractivity contribution in [3.05, 3.63) is 53.8 Å². The average Bonchev–Trinajstić information content (AvgIpc) is 3.19. The normalized spacial score (nSPS) is 10.5. The van der Waals surface area contributed by atoms with Crippen molar-refractivity contribution in [2.24, 2.45) is 0 Å². The molecule has 7 nitrogen and oxygen atoms in total. The Bertz CT molecular complexity index is 709. The summed E-state index contributed by atoms with van der Waals surface area (Å²) in [5.74, 6) is -0.231. The van der Waals surface area contributed by atoms with Crippen molar-refractivity contribution in [1.82, 2.24) is 30.0 Å². The van der Waals surface area contributed by atoms with Gasteiger partial charge in [0.15, 0.2) is 0 Å². The van der Waals surface area contributed by atoms with Gasteiger partial charge in [0.1, 0.15) is 5.69 Å². The van der Waals surface area contributed by atoms with Gasteiger partial charge in [0.25, 0.3) is 5.91 Å². The third kappa shape index (κ3) is 3.29. The molecule has 0 atom stereocenters. The summed E-state index contributed by atoms with van der Waals surface area (Å²) in [6.45, 7) is 0.498. The maximum absolute atomic E-state index is 11.8. The van der Waals surface area contributed by atoms with E-state index in [9.17, 15) is 4.79 Å². The van der Waals surface area contributed by atoms with Gasteiger partial charge in [-0.15, -0.1) is 11.3 Å². The van der Waals surface area contributed by atoms with Gasteiger partial charge in [-0.25, -0.2) is 14.6 Å². The molecule has 8 heteroatoms. The van der Waals surface area contributed by atoms with E-state index < -0.39 is 0 Å². The van der Waals surface area contributed by atoms with Gasteiger partial charge in [-0.2, -0.15) is 5.10 Å². The number of thiazole rings is 1.